The van der Waals surface area contributed by atoms with E-state index in [4.69, 9.17) is 5.73 Å². The van der Waals surface area contributed by atoms with Crippen LogP contribution in [-0.2, 0) is 17.9 Å². The molecule has 1 atom stereocenters. The number of hydrogen-bond acceptors (Lipinski definition) is 4. The van der Waals surface area contributed by atoms with E-state index in [-0.39, 0.29) is 11.9 Å². The summed E-state index contributed by atoms with van der Waals surface area (Å²) in [6.45, 7) is 4.09. The molecule has 6 nitrogen and oxygen atoms in total. The Bertz CT molecular complexity index is 387. The topological polar surface area (TPSA) is 77.0 Å². The van der Waals surface area contributed by atoms with Crippen LogP contribution in [0.5, 0.6) is 0 Å². The lowest BCUT2D eigenvalue weighted by atomic mass is 10.1. The van der Waals surface area contributed by atoms with Gasteiger partial charge in [-0.1, -0.05) is 0 Å². The monoisotopic (exact) mass is 237 g/mol. The van der Waals surface area contributed by atoms with Crippen molar-refractivity contribution >= 4 is 5.91 Å². The highest BCUT2D eigenvalue weighted by molar-refractivity contribution is 5.76. The van der Waals surface area contributed by atoms with Crippen molar-refractivity contribution in [2.75, 3.05) is 6.54 Å². The molecule has 17 heavy (non-hydrogen) atoms. The Kier molecular flexibility index (Phi) is 3.73. The highest BCUT2D eigenvalue weighted by Crippen LogP contribution is 2.11. The van der Waals surface area contributed by atoms with E-state index in [9.17, 15) is 4.79 Å². The van der Waals surface area contributed by atoms with Crippen molar-refractivity contribution in [3.8, 4) is 0 Å². The zero-order valence-corrected chi connectivity index (χ0v) is 10.2. The molecule has 0 fully saturated rings. The molecule has 0 spiro atoms. The fourth-order valence-corrected chi connectivity index (χ4v) is 2.01. The van der Waals surface area contributed by atoms with Gasteiger partial charge < -0.3 is 15.2 Å². The maximum Gasteiger partial charge on any atom is 0.223 e. The molecule has 2 N–H and O–H groups in total. The van der Waals surface area contributed by atoms with Gasteiger partial charge in [0.25, 0.3) is 0 Å². The predicted molar refractivity (Wildman–Crippen MR) is 62.9 cm³/mol. The third kappa shape index (κ3) is 3.03. The highest BCUT2D eigenvalue weighted by Gasteiger charge is 2.21. The van der Waals surface area contributed by atoms with Crippen LogP contribution in [0.25, 0.3) is 0 Å². The standard InChI is InChI=1S/C11H19N5O/c1-9(12)3-2-4-11(17)15-5-6-16-8-13-14-10(16)7-15/h8-9H,2-7,12H2,1H3. The first kappa shape index (κ1) is 12.0. The number of carbonyl (C=O) groups excluding carboxylic acids is 1. The predicted octanol–water partition coefficient (Wildman–Crippen LogP) is 0.138. The second-order valence-electron chi connectivity index (χ2n) is 4.63. The Morgan fingerprint density at radius 2 is 2.41 bits per heavy atom. The van der Waals surface area contributed by atoms with Crippen LogP contribution in [0.1, 0.15) is 32.0 Å². The SMILES string of the molecule is CC(N)CCCC(=O)N1CCn2cnnc2C1. The highest BCUT2D eigenvalue weighted by atomic mass is 16.2. The summed E-state index contributed by atoms with van der Waals surface area (Å²) in [4.78, 5) is 13.8. The lowest BCUT2D eigenvalue weighted by molar-refractivity contribution is -0.132. The molecule has 1 amide bonds. The second kappa shape index (κ2) is 5.27. The number of rotatable bonds is 4. The Morgan fingerprint density at radius 1 is 1.59 bits per heavy atom. The van der Waals surface area contributed by atoms with Crippen LogP contribution in [0.4, 0.5) is 0 Å². The van der Waals surface area contributed by atoms with Crippen molar-refractivity contribution < 1.29 is 4.79 Å². The van der Waals surface area contributed by atoms with Gasteiger partial charge in [-0.05, 0) is 19.8 Å². The van der Waals surface area contributed by atoms with Crippen LogP contribution in [0.2, 0.25) is 0 Å². The molecule has 1 aromatic heterocycles. The van der Waals surface area contributed by atoms with E-state index in [1.54, 1.807) is 6.33 Å². The van der Waals surface area contributed by atoms with Crippen LogP contribution >= 0.6 is 0 Å². The first-order valence-electron chi connectivity index (χ1n) is 6.07. The van der Waals surface area contributed by atoms with Crippen molar-refractivity contribution in [3.05, 3.63) is 12.2 Å². The maximum absolute atomic E-state index is 11.9. The summed E-state index contributed by atoms with van der Waals surface area (Å²) in [5, 5.41) is 7.84. The van der Waals surface area contributed by atoms with E-state index < -0.39 is 0 Å². The minimum atomic E-state index is 0.173. The number of amides is 1. The Labute approximate surface area is 101 Å². The number of carbonyl (C=O) groups is 1. The molecule has 0 saturated carbocycles. The van der Waals surface area contributed by atoms with Gasteiger partial charge in [-0.2, -0.15) is 0 Å². The normalized spacial score (nSPS) is 16.7. The van der Waals surface area contributed by atoms with E-state index in [2.05, 4.69) is 10.2 Å². The molecule has 1 unspecified atom stereocenters. The summed E-state index contributed by atoms with van der Waals surface area (Å²) >= 11 is 0. The molecular formula is C11H19N5O. The van der Waals surface area contributed by atoms with Gasteiger partial charge in [0, 0.05) is 25.6 Å². The summed E-state index contributed by atoms with van der Waals surface area (Å²) in [6, 6.07) is 0.173. The summed E-state index contributed by atoms with van der Waals surface area (Å²) < 4.78 is 1.99. The Balaban J connectivity index is 1.82. The average molecular weight is 237 g/mol. The van der Waals surface area contributed by atoms with Crippen LogP contribution in [0.3, 0.4) is 0 Å². The second-order valence-corrected chi connectivity index (χ2v) is 4.63. The number of hydrogen-bond donors (Lipinski definition) is 1. The van der Waals surface area contributed by atoms with Crippen LogP contribution in [0, 0.1) is 0 Å². The summed E-state index contributed by atoms with van der Waals surface area (Å²) in [5.41, 5.74) is 5.66. The number of nitrogens with two attached hydrogens (primary N) is 1. The Hall–Kier alpha value is -1.43. The van der Waals surface area contributed by atoms with Crippen LogP contribution < -0.4 is 5.73 Å². The van der Waals surface area contributed by atoms with Gasteiger partial charge in [-0.3, -0.25) is 4.79 Å². The van der Waals surface area contributed by atoms with Crippen molar-refractivity contribution in [2.45, 2.75) is 45.3 Å². The molecule has 1 aliphatic heterocycles. The first-order chi connectivity index (χ1) is 8.16. The smallest absolute Gasteiger partial charge is 0.223 e. The van der Waals surface area contributed by atoms with E-state index in [1.807, 2.05) is 16.4 Å². The van der Waals surface area contributed by atoms with Crippen molar-refractivity contribution in [1.82, 2.24) is 19.7 Å². The molecule has 0 aliphatic carbocycles. The largest absolute Gasteiger partial charge is 0.333 e. The zero-order chi connectivity index (χ0) is 12.3. The molecule has 0 radical (unpaired) electrons. The van der Waals surface area contributed by atoms with Crippen LogP contribution in [-0.4, -0.2) is 38.2 Å². The molecule has 0 saturated heterocycles. The molecule has 1 aliphatic rings. The zero-order valence-electron chi connectivity index (χ0n) is 10.2. The summed E-state index contributed by atoms with van der Waals surface area (Å²) in [7, 11) is 0. The lowest BCUT2D eigenvalue weighted by Gasteiger charge is -2.27. The van der Waals surface area contributed by atoms with E-state index in [1.165, 1.54) is 0 Å². The minimum absolute atomic E-state index is 0.173. The van der Waals surface area contributed by atoms with Gasteiger partial charge in [0.15, 0.2) is 5.82 Å². The fraction of sp³-hybridized carbons (Fsp3) is 0.727. The van der Waals surface area contributed by atoms with Crippen molar-refractivity contribution in [2.24, 2.45) is 5.73 Å². The summed E-state index contributed by atoms with van der Waals surface area (Å²) in [6.07, 6.45) is 4.05. The maximum atomic E-state index is 11.9. The quantitative estimate of drug-likeness (QED) is 0.808. The Morgan fingerprint density at radius 3 is 3.18 bits per heavy atom. The van der Waals surface area contributed by atoms with Gasteiger partial charge in [0.05, 0.1) is 6.54 Å². The molecule has 94 valence electrons. The van der Waals surface area contributed by atoms with Gasteiger partial charge >= 0.3 is 0 Å². The molecule has 2 rings (SSSR count). The average Bonchev–Trinajstić information content (AvgIpc) is 2.75. The lowest BCUT2D eigenvalue weighted by Crippen LogP contribution is -2.38. The first-order valence-corrected chi connectivity index (χ1v) is 6.07. The molecule has 1 aromatic rings. The van der Waals surface area contributed by atoms with Gasteiger partial charge in [0.2, 0.25) is 5.91 Å². The minimum Gasteiger partial charge on any atom is -0.333 e. The van der Waals surface area contributed by atoms with Crippen molar-refractivity contribution in [3.63, 3.8) is 0 Å². The van der Waals surface area contributed by atoms with Gasteiger partial charge in [-0.25, -0.2) is 0 Å². The molecule has 2 heterocycles. The van der Waals surface area contributed by atoms with E-state index in [0.29, 0.717) is 13.0 Å². The van der Waals surface area contributed by atoms with E-state index in [0.717, 1.165) is 31.8 Å². The molecule has 0 aromatic carbocycles. The number of fused-ring (bicyclic) bond motifs is 1. The molecular weight excluding hydrogens is 218 g/mol. The molecule has 6 heteroatoms. The van der Waals surface area contributed by atoms with E-state index >= 15 is 0 Å². The van der Waals surface area contributed by atoms with Crippen LogP contribution in [0.15, 0.2) is 6.33 Å². The summed E-state index contributed by atoms with van der Waals surface area (Å²) in [5.74, 6) is 1.07. The van der Waals surface area contributed by atoms with Gasteiger partial charge in [0.1, 0.15) is 6.33 Å². The fourth-order valence-electron chi connectivity index (χ4n) is 2.01. The number of nitrogens with zero attached hydrogens (tertiary/aromatic N) is 4. The third-order valence-corrected chi connectivity index (χ3v) is 3.04. The third-order valence-electron chi connectivity index (χ3n) is 3.04. The number of aromatic nitrogens is 3. The van der Waals surface area contributed by atoms with Crippen molar-refractivity contribution in [1.29, 1.82) is 0 Å². The molecule has 0 bridgehead atoms. The van der Waals surface area contributed by atoms with Gasteiger partial charge in [-0.15, -0.1) is 10.2 Å².